The van der Waals surface area contributed by atoms with Crippen LogP contribution in [0.5, 0.6) is 0 Å². The lowest BCUT2D eigenvalue weighted by Gasteiger charge is -2.34. The van der Waals surface area contributed by atoms with Crippen molar-refractivity contribution in [3.05, 3.63) is 0 Å². The Balaban J connectivity index is 2.23. The minimum atomic E-state index is -0.479. The van der Waals surface area contributed by atoms with Gasteiger partial charge in [0, 0.05) is 31.7 Å². The van der Waals surface area contributed by atoms with E-state index in [1.165, 1.54) is 0 Å². The van der Waals surface area contributed by atoms with E-state index in [9.17, 15) is 4.79 Å². The Morgan fingerprint density at radius 2 is 2.26 bits per heavy atom. The zero-order valence-corrected chi connectivity index (χ0v) is 12.4. The number of hydrogen-bond acceptors (Lipinski definition) is 5. The van der Waals surface area contributed by atoms with Gasteiger partial charge in [0.25, 0.3) is 0 Å². The molecule has 1 saturated heterocycles. The largest absolute Gasteiger partial charge is 0.444 e. The molecule has 1 aliphatic heterocycles. The first-order valence-electron chi connectivity index (χ1n) is 6.82. The first kappa shape index (κ1) is 16.2. The predicted molar refractivity (Wildman–Crippen MR) is 74.1 cm³/mol. The van der Waals surface area contributed by atoms with Crippen molar-refractivity contribution < 1.29 is 14.3 Å². The summed E-state index contributed by atoms with van der Waals surface area (Å²) in [6.07, 6.45) is -0.419. The van der Waals surface area contributed by atoms with Crippen LogP contribution in [0, 0.1) is 0 Å². The Morgan fingerprint density at radius 1 is 1.58 bits per heavy atom. The van der Waals surface area contributed by atoms with Crippen molar-refractivity contribution in [1.82, 2.24) is 10.2 Å². The number of carbonyl (C=O) groups is 1. The Morgan fingerprint density at radius 3 is 2.84 bits per heavy atom. The van der Waals surface area contributed by atoms with E-state index < -0.39 is 11.7 Å². The Bertz CT molecular complexity index is 291. The first-order valence-corrected chi connectivity index (χ1v) is 6.82. The van der Waals surface area contributed by atoms with E-state index in [1.807, 2.05) is 20.8 Å². The van der Waals surface area contributed by atoms with Crippen molar-refractivity contribution in [3.8, 4) is 0 Å². The zero-order chi connectivity index (χ0) is 14.5. The Labute approximate surface area is 115 Å². The van der Waals surface area contributed by atoms with Crippen LogP contribution in [0.2, 0.25) is 0 Å². The van der Waals surface area contributed by atoms with Gasteiger partial charge in [-0.2, -0.15) is 0 Å². The van der Waals surface area contributed by atoms with Crippen LogP contribution in [-0.4, -0.2) is 61.5 Å². The lowest BCUT2D eigenvalue weighted by atomic mass is 10.2. The number of alkyl carbamates (subject to hydrolysis) is 1. The monoisotopic (exact) mass is 273 g/mol. The molecular weight excluding hydrogens is 246 g/mol. The molecule has 0 saturated carbocycles. The second-order valence-electron chi connectivity index (χ2n) is 6.06. The maximum Gasteiger partial charge on any atom is 0.407 e. The SMILES string of the molecule is CC1COCCN1CC(N)CNC(=O)OC(C)(C)C. The third-order valence-electron chi connectivity index (χ3n) is 2.88. The quantitative estimate of drug-likeness (QED) is 0.782. The summed E-state index contributed by atoms with van der Waals surface area (Å²) in [6, 6.07) is 0.273. The van der Waals surface area contributed by atoms with Crippen LogP contribution in [0.3, 0.4) is 0 Å². The molecule has 0 aromatic carbocycles. The van der Waals surface area contributed by atoms with Crippen LogP contribution in [-0.2, 0) is 9.47 Å². The van der Waals surface area contributed by atoms with Crippen molar-refractivity contribution >= 4 is 6.09 Å². The number of morpholine rings is 1. The van der Waals surface area contributed by atoms with Gasteiger partial charge in [-0.1, -0.05) is 0 Å². The van der Waals surface area contributed by atoms with Crippen LogP contribution < -0.4 is 11.1 Å². The number of nitrogens with two attached hydrogens (primary N) is 1. The number of nitrogens with zero attached hydrogens (tertiary/aromatic N) is 1. The van der Waals surface area contributed by atoms with Gasteiger partial charge < -0.3 is 20.5 Å². The molecule has 1 fully saturated rings. The van der Waals surface area contributed by atoms with E-state index >= 15 is 0 Å². The van der Waals surface area contributed by atoms with E-state index in [2.05, 4.69) is 17.1 Å². The van der Waals surface area contributed by atoms with Gasteiger partial charge >= 0.3 is 6.09 Å². The maximum absolute atomic E-state index is 11.5. The summed E-state index contributed by atoms with van der Waals surface area (Å²) < 4.78 is 10.5. The summed E-state index contributed by atoms with van der Waals surface area (Å²) in [5.41, 5.74) is 5.55. The van der Waals surface area contributed by atoms with Crippen molar-refractivity contribution in [2.24, 2.45) is 5.73 Å². The van der Waals surface area contributed by atoms with Crippen LogP contribution in [0.15, 0.2) is 0 Å². The van der Waals surface area contributed by atoms with Crippen LogP contribution >= 0.6 is 0 Å². The molecule has 0 bridgehead atoms. The van der Waals surface area contributed by atoms with Gasteiger partial charge in [0.05, 0.1) is 13.2 Å². The molecule has 0 aromatic heterocycles. The second kappa shape index (κ2) is 7.07. The normalized spacial score (nSPS) is 22.9. The molecule has 1 amide bonds. The highest BCUT2D eigenvalue weighted by atomic mass is 16.6. The van der Waals surface area contributed by atoms with E-state index in [0.29, 0.717) is 12.6 Å². The molecule has 112 valence electrons. The molecule has 1 aliphatic rings. The number of carbonyl (C=O) groups excluding carboxylic acids is 1. The van der Waals surface area contributed by atoms with Crippen molar-refractivity contribution in [3.63, 3.8) is 0 Å². The summed E-state index contributed by atoms with van der Waals surface area (Å²) in [4.78, 5) is 13.8. The standard InChI is InChI=1S/C13H27N3O3/c1-10-9-18-6-5-16(10)8-11(14)7-15-12(17)19-13(2,3)4/h10-11H,5-9,14H2,1-4H3,(H,15,17). The molecule has 2 unspecified atom stereocenters. The average molecular weight is 273 g/mol. The van der Waals surface area contributed by atoms with Crippen LogP contribution in [0.1, 0.15) is 27.7 Å². The zero-order valence-electron chi connectivity index (χ0n) is 12.4. The fraction of sp³-hybridized carbons (Fsp3) is 0.923. The molecule has 19 heavy (non-hydrogen) atoms. The number of nitrogens with one attached hydrogen (secondary N) is 1. The third-order valence-corrected chi connectivity index (χ3v) is 2.88. The lowest BCUT2D eigenvalue weighted by Crippen LogP contribution is -2.51. The van der Waals surface area contributed by atoms with Crippen molar-refractivity contribution in [1.29, 1.82) is 0 Å². The summed E-state index contributed by atoms with van der Waals surface area (Å²) >= 11 is 0. The number of amides is 1. The molecule has 0 aliphatic carbocycles. The van der Waals surface area contributed by atoms with Crippen molar-refractivity contribution in [2.75, 3.05) is 32.8 Å². The topological polar surface area (TPSA) is 76.8 Å². The fourth-order valence-electron chi connectivity index (χ4n) is 1.93. The molecule has 1 heterocycles. The molecular formula is C13H27N3O3. The van der Waals surface area contributed by atoms with Crippen LogP contribution in [0.25, 0.3) is 0 Å². The van der Waals surface area contributed by atoms with E-state index in [-0.39, 0.29) is 6.04 Å². The Kier molecular flexibility index (Phi) is 6.03. The van der Waals surface area contributed by atoms with Gasteiger partial charge in [-0.25, -0.2) is 4.79 Å². The summed E-state index contributed by atoms with van der Waals surface area (Å²) in [5.74, 6) is 0. The molecule has 0 aromatic rings. The van der Waals surface area contributed by atoms with E-state index in [1.54, 1.807) is 0 Å². The minimum Gasteiger partial charge on any atom is -0.444 e. The highest BCUT2D eigenvalue weighted by molar-refractivity contribution is 5.67. The fourth-order valence-corrected chi connectivity index (χ4v) is 1.93. The molecule has 6 heteroatoms. The Hall–Kier alpha value is -0.850. The summed E-state index contributed by atoms with van der Waals surface area (Å²) in [5, 5.41) is 2.70. The van der Waals surface area contributed by atoms with Crippen LogP contribution in [0.4, 0.5) is 4.79 Å². The van der Waals surface area contributed by atoms with Gasteiger partial charge in [-0.3, -0.25) is 4.90 Å². The lowest BCUT2D eigenvalue weighted by molar-refractivity contribution is -0.00289. The van der Waals surface area contributed by atoms with Gasteiger partial charge in [0.1, 0.15) is 5.60 Å². The third kappa shape index (κ3) is 6.75. The molecule has 0 radical (unpaired) electrons. The number of ether oxygens (including phenoxy) is 2. The van der Waals surface area contributed by atoms with Gasteiger partial charge in [-0.05, 0) is 27.7 Å². The van der Waals surface area contributed by atoms with E-state index in [4.69, 9.17) is 15.2 Å². The molecule has 0 spiro atoms. The summed E-state index contributed by atoms with van der Waals surface area (Å²) in [7, 11) is 0. The first-order chi connectivity index (χ1) is 8.78. The molecule has 2 atom stereocenters. The van der Waals surface area contributed by atoms with Gasteiger partial charge in [-0.15, -0.1) is 0 Å². The van der Waals surface area contributed by atoms with Crippen molar-refractivity contribution in [2.45, 2.75) is 45.4 Å². The molecule has 1 rings (SSSR count). The van der Waals surface area contributed by atoms with Gasteiger partial charge in [0.2, 0.25) is 0 Å². The second-order valence-corrected chi connectivity index (χ2v) is 6.06. The minimum absolute atomic E-state index is 0.104. The molecule has 3 N–H and O–H groups in total. The van der Waals surface area contributed by atoms with E-state index in [0.717, 1.165) is 26.3 Å². The highest BCUT2D eigenvalue weighted by Crippen LogP contribution is 2.07. The smallest absolute Gasteiger partial charge is 0.407 e. The predicted octanol–water partition coefficient (Wildman–Crippen LogP) is 0.559. The maximum atomic E-state index is 11.5. The highest BCUT2D eigenvalue weighted by Gasteiger charge is 2.21. The summed E-state index contributed by atoms with van der Waals surface area (Å²) in [6.45, 7) is 11.2. The number of hydrogen-bond donors (Lipinski definition) is 2. The number of rotatable bonds is 4. The van der Waals surface area contributed by atoms with Gasteiger partial charge in [0.15, 0.2) is 0 Å². The average Bonchev–Trinajstić information content (AvgIpc) is 2.27. The molecule has 6 nitrogen and oxygen atoms in total.